The molecule has 3 aromatic rings. The number of nitrogens with one attached hydrogen (secondary N) is 1. The molecule has 0 saturated carbocycles. The lowest BCUT2D eigenvalue weighted by molar-refractivity contribution is -0.128. The molecule has 0 aliphatic carbocycles. The Bertz CT molecular complexity index is 1240. The first kappa shape index (κ1) is 25.7. The first-order valence-corrected chi connectivity index (χ1v) is 12.4. The van der Waals surface area contributed by atoms with Crippen LogP contribution in [0.3, 0.4) is 0 Å². The van der Waals surface area contributed by atoms with Gasteiger partial charge in [0.25, 0.3) is 5.91 Å². The third-order valence-electron chi connectivity index (χ3n) is 6.34. The number of amides is 1. The molecular formula is C30H30N4O3. The van der Waals surface area contributed by atoms with Gasteiger partial charge in [0.1, 0.15) is 11.6 Å². The van der Waals surface area contributed by atoms with Gasteiger partial charge in [-0.1, -0.05) is 72.8 Å². The fourth-order valence-electron chi connectivity index (χ4n) is 4.53. The summed E-state index contributed by atoms with van der Waals surface area (Å²) in [6, 6.07) is 29.7. The number of ether oxygens (including phenoxy) is 1. The smallest absolute Gasteiger partial charge is 0.340 e. The first-order valence-electron chi connectivity index (χ1n) is 12.4. The topological polar surface area (TPSA) is 85.7 Å². The molecule has 7 heteroatoms. The molecule has 4 rings (SSSR count). The normalized spacial score (nSPS) is 14.2. The van der Waals surface area contributed by atoms with Gasteiger partial charge in [-0.05, 0) is 30.2 Å². The number of nitriles is 1. The highest BCUT2D eigenvalue weighted by atomic mass is 16.5. The van der Waals surface area contributed by atoms with E-state index in [4.69, 9.17) is 4.74 Å². The van der Waals surface area contributed by atoms with Gasteiger partial charge in [-0.25, -0.2) is 4.79 Å². The molecule has 1 aliphatic heterocycles. The summed E-state index contributed by atoms with van der Waals surface area (Å²) >= 11 is 0. The molecule has 1 amide bonds. The average Bonchev–Trinajstić information content (AvgIpc) is 2.95. The molecule has 0 unspecified atom stereocenters. The number of piperazine rings is 1. The number of nitrogens with zero attached hydrogens (tertiary/aromatic N) is 3. The summed E-state index contributed by atoms with van der Waals surface area (Å²) in [5.41, 5.74) is 3.20. The van der Waals surface area contributed by atoms with Gasteiger partial charge in [-0.15, -0.1) is 0 Å². The summed E-state index contributed by atoms with van der Waals surface area (Å²) in [6.07, 6.45) is 1.36. The van der Waals surface area contributed by atoms with Crippen LogP contribution in [0.25, 0.3) is 0 Å². The number of anilines is 1. The SMILES string of the molecule is CCOC(=O)c1ccccc1N/C=C(/C#N)C(=O)N1CCN(C(c2ccccc2)c2ccccc2)CC1. The number of para-hydroxylation sites is 1. The van der Waals surface area contributed by atoms with Crippen molar-refractivity contribution in [3.8, 4) is 6.07 Å². The van der Waals surface area contributed by atoms with E-state index in [9.17, 15) is 14.9 Å². The second-order valence-electron chi connectivity index (χ2n) is 8.63. The zero-order valence-electron chi connectivity index (χ0n) is 20.8. The molecule has 1 heterocycles. The Hall–Kier alpha value is -4.41. The number of carbonyl (C=O) groups excluding carboxylic acids is 2. The van der Waals surface area contributed by atoms with Gasteiger partial charge < -0.3 is 15.0 Å². The zero-order chi connectivity index (χ0) is 26.0. The third kappa shape index (κ3) is 6.24. The highest BCUT2D eigenvalue weighted by Crippen LogP contribution is 2.29. The fourth-order valence-corrected chi connectivity index (χ4v) is 4.53. The Morgan fingerprint density at radius 2 is 1.49 bits per heavy atom. The van der Waals surface area contributed by atoms with Gasteiger partial charge in [0.05, 0.1) is 23.9 Å². The van der Waals surface area contributed by atoms with Crippen molar-refractivity contribution in [3.63, 3.8) is 0 Å². The molecule has 0 atom stereocenters. The quantitative estimate of drug-likeness (QED) is 0.280. The van der Waals surface area contributed by atoms with E-state index in [0.717, 1.165) is 0 Å². The van der Waals surface area contributed by atoms with Crippen molar-refractivity contribution in [2.24, 2.45) is 0 Å². The number of esters is 1. The molecule has 0 aromatic heterocycles. The molecule has 37 heavy (non-hydrogen) atoms. The third-order valence-corrected chi connectivity index (χ3v) is 6.34. The lowest BCUT2D eigenvalue weighted by Gasteiger charge is -2.39. The highest BCUT2D eigenvalue weighted by molar-refractivity contribution is 5.99. The molecule has 0 bridgehead atoms. The summed E-state index contributed by atoms with van der Waals surface area (Å²) in [7, 11) is 0. The molecule has 1 fully saturated rings. The maximum Gasteiger partial charge on any atom is 0.340 e. The summed E-state index contributed by atoms with van der Waals surface area (Å²) < 4.78 is 5.09. The Balaban J connectivity index is 1.45. The van der Waals surface area contributed by atoms with Crippen molar-refractivity contribution < 1.29 is 14.3 Å². The summed E-state index contributed by atoms with van der Waals surface area (Å²) in [5.74, 6) is -0.800. The second-order valence-corrected chi connectivity index (χ2v) is 8.63. The number of rotatable bonds is 8. The summed E-state index contributed by atoms with van der Waals surface area (Å²) in [6.45, 7) is 4.37. The molecular weight excluding hydrogens is 464 g/mol. The maximum absolute atomic E-state index is 13.2. The van der Waals surface area contributed by atoms with E-state index < -0.39 is 5.97 Å². The Morgan fingerprint density at radius 1 is 0.919 bits per heavy atom. The number of hydrogen-bond acceptors (Lipinski definition) is 6. The van der Waals surface area contributed by atoms with Crippen molar-refractivity contribution in [3.05, 3.63) is 113 Å². The van der Waals surface area contributed by atoms with Crippen LogP contribution in [-0.2, 0) is 9.53 Å². The minimum atomic E-state index is -0.466. The van der Waals surface area contributed by atoms with E-state index in [0.29, 0.717) is 37.4 Å². The monoisotopic (exact) mass is 494 g/mol. The van der Waals surface area contributed by atoms with Crippen LogP contribution in [0.2, 0.25) is 0 Å². The molecule has 1 aliphatic rings. The lowest BCUT2D eigenvalue weighted by Crippen LogP contribution is -2.50. The zero-order valence-corrected chi connectivity index (χ0v) is 20.8. The molecule has 3 aromatic carbocycles. The van der Waals surface area contributed by atoms with E-state index in [-0.39, 0.29) is 24.1 Å². The molecule has 1 N–H and O–H groups in total. The highest BCUT2D eigenvalue weighted by Gasteiger charge is 2.29. The predicted octanol–water partition coefficient (Wildman–Crippen LogP) is 4.62. The van der Waals surface area contributed by atoms with E-state index in [2.05, 4.69) is 34.5 Å². The van der Waals surface area contributed by atoms with Gasteiger partial charge in [-0.3, -0.25) is 9.69 Å². The minimum absolute atomic E-state index is 0.0187. The van der Waals surface area contributed by atoms with Crippen LogP contribution in [0.1, 0.15) is 34.5 Å². The minimum Gasteiger partial charge on any atom is -0.462 e. The van der Waals surface area contributed by atoms with Crippen LogP contribution in [0.5, 0.6) is 0 Å². The number of carbonyl (C=O) groups is 2. The van der Waals surface area contributed by atoms with Gasteiger partial charge in [0, 0.05) is 32.4 Å². The van der Waals surface area contributed by atoms with E-state index in [1.165, 1.54) is 17.3 Å². The molecule has 0 spiro atoms. The van der Waals surface area contributed by atoms with Crippen molar-refractivity contribution in [2.75, 3.05) is 38.1 Å². The van der Waals surface area contributed by atoms with Gasteiger partial charge in [0.2, 0.25) is 0 Å². The van der Waals surface area contributed by atoms with E-state index in [1.807, 2.05) is 42.5 Å². The summed E-state index contributed by atoms with van der Waals surface area (Å²) in [5, 5.41) is 12.6. The second kappa shape index (κ2) is 12.5. The van der Waals surface area contributed by atoms with Crippen molar-refractivity contribution in [1.29, 1.82) is 5.26 Å². The largest absolute Gasteiger partial charge is 0.462 e. The van der Waals surface area contributed by atoms with E-state index >= 15 is 0 Å². The van der Waals surface area contributed by atoms with Gasteiger partial charge in [0.15, 0.2) is 0 Å². The van der Waals surface area contributed by atoms with E-state index in [1.54, 1.807) is 36.1 Å². The van der Waals surface area contributed by atoms with Crippen LogP contribution in [0, 0.1) is 11.3 Å². The fraction of sp³-hybridized carbons (Fsp3) is 0.233. The Labute approximate surface area is 217 Å². The van der Waals surface area contributed by atoms with Crippen LogP contribution < -0.4 is 5.32 Å². The van der Waals surface area contributed by atoms with Crippen LogP contribution in [0.4, 0.5) is 5.69 Å². The van der Waals surface area contributed by atoms with Gasteiger partial charge >= 0.3 is 5.97 Å². The Kier molecular flexibility index (Phi) is 8.69. The Morgan fingerprint density at radius 3 is 2.05 bits per heavy atom. The number of hydrogen-bond donors (Lipinski definition) is 1. The summed E-state index contributed by atoms with van der Waals surface area (Å²) in [4.78, 5) is 29.5. The first-order chi connectivity index (χ1) is 18.1. The van der Waals surface area contributed by atoms with Crippen molar-refractivity contribution in [2.45, 2.75) is 13.0 Å². The molecule has 7 nitrogen and oxygen atoms in total. The van der Waals surface area contributed by atoms with Crippen LogP contribution >= 0.6 is 0 Å². The average molecular weight is 495 g/mol. The van der Waals surface area contributed by atoms with Crippen LogP contribution in [0.15, 0.2) is 96.7 Å². The lowest BCUT2D eigenvalue weighted by atomic mass is 9.96. The van der Waals surface area contributed by atoms with Gasteiger partial charge in [-0.2, -0.15) is 5.26 Å². The van der Waals surface area contributed by atoms with Crippen molar-refractivity contribution in [1.82, 2.24) is 9.80 Å². The van der Waals surface area contributed by atoms with Crippen LogP contribution in [-0.4, -0.2) is 54.5 Å². The molecule has 188 valence electrons. The predicted molar refractivity (Wildman–Crippen MR) is 143 cm³/mol. The standard InChI is InChI=1S/C30H30N4O3/c1-2-37-30(36)26-15-9-10-16-27(26)32-22-25(21-31)29(35)34-19-17-33(18-20-34)28(23-11-5-3-6-12-23)24-13-7-4-8-14-24/h3-16,22,28,32H,2,17-20H2,1H3/b25-22-. The van der Waals surface area contributed by atoms with Crippen molar-refractivity contribution >= 4 is 17.6 Å². The molecule has 0 radical (unpaired) electrons. The molecule has 1 saturated heterocycles. The maximum atomic E-state index is 13.2. The number of benzene rings is 3.